The molecule has 0 spiro atoms. The predicted molar refractivity (Wildman–Crippen MR) is 92.8 cm³/mol. The van der Waals surface area contributed by atoms with Crippen molar-refractivity contribution in [1.82, 2.24) is 9.88 Å². The lowest BCUT2D eigenvalue weighted by atomic mass is 9.81. The smallest absolute Gasteiger partial charge is 0.224 e. The van der Waals surface area contributed by atoms with E-state index in [4.69, 9.17) is 9.15 Å². The first-order chi connectivity index (χ1) is 12.3. The summed E-state index contributed by atoms with van der Waals surface area (Å²) in [5.41, 5.74) is 0.742. The van der Waals surface area contributed by atoms with Gasteiger partial charge < -0.3 is 14.5 Å². The normalized spacial score (nSPS) is 26.3. The topological polar surface area (TPSA) is 67.6 Å². The Bertz CT molecular complexity index is 689. The Balaban J connectivity index is 1.35. The number of carbonyl (C=O) groups excluding carboxylic acids is 1. The van der Waals surface area contributed by atoms with Crippen molar-refractivity contribution in [3.8, 4) is 0 Å². The minimum Gasteiger partial charge on any atom is -0.468 e. The Labute approximate surface area is 147 Å². The first-order valence-electron chi connectivity index (χ1n) is 8.80. The highest BCUT2D eigenvalue weighted by atomic mass is 16.5. The van der Waals surface area contributed by atoms with Crippen molar-refractivity contribution in [3.05, 3.63) is 48.7 Å². The van der Waals surface area contributed by atoms with Crippen LogP contribution in [0.25, 0.3) is 0 Å². The van der Waals surface area contributed by atoms with Crippen LogP contribution in [-0.2, 0) is 16.1 Å². The number of nitrogens with one attached hydrogen (secondary N) is 1. The number of furan rings is 1. The SMILES string of the molecule is O=C(C[C@@H]1COC[C@H]2CN(Cc3ccco3)C[C@@H]12)Nc1cccnc1. The summed E-state index contributed by atoms with van der Waals surface area (Å²) in [5, 5.41) is 2.93. The lowest BCUT2D eigenvalue weighted by molar-refractivity contribution is -0.119. The number of hydrogen-bond acceptors (Lipinski definition) is 5. The standard InChI is InChI=1S/C19H23N3O3/c23-19(21-16-3-1-5-20-8-16)7-14-12-24-13-15-9-22(11-18(14)15)10-17-4-2-6-25-17/h1-6,8,14-15,18H,7,9-13H2,(H,21,23)/t14-,15-,18+/m1/s1. The summed E-state index contributed by atoms with van der Waals surface area (Å²) in [6.45, 7) is 4.29. The molecule has 2 fully saturated rings. The van der Waals surface area contributed by atoms with Crippen molar-refractivity contribution in [3.63, 3.8) is 0 Å². The molecule has 0 bridgehead atoms. The molecule has 132 valence electrons. The summed E-state index contributed by atoms with van der Waals surface area (Å²) in [4.78, 5) is 18.8. The molecule has 2 aliphatic rings. The van der Waals surface area contributed by atoms with Crippen molar-refractivity contribution in [2.75, 3.05) is 31.6 Å². The number of amides is 1. The van der Waals surface area contributed by atoms with Gasteiger partial charge in [-0.1, -0.05) is 0 Å². The Morgan fingerprint density at radius 3 is 3.04 bits per heavy atom. The number of aromatic nitrogens is 1. The van der Waals surface area contributed by atoms with E-state index in [0.717, 1.165) is 37.7 Å². The number of nitrogens with zero attached hydrogens (tertiary/aromatic N) is 2. The number of rotatable bonds is 5. The van der Waals surface area contributed by atoms with E-state index >= 15 is 0 Å². The van der Waals surface area contributed by atoms with Gasteiger partial charge in [-0.2, -0.15) is 0 Å². The van der Waals surface area contributed by atoms with Gasteiger partial charge in [-0.15, -0.1) is 0 Å². The van der Waals surface area contributed by atoms with E-state index < -0.39 is 0 Å². The fourth-order valence-corrected chi connectivity index (χ4v) is 4.04. The molecule has 0 aliphatic carbocycles. The first-order valence-corrected chi connectivity index (χ1v) is 8.80. The minimum absolute atomic E-state index is 0.0340. The molecule has 2 saturated heterocycles. The van der Waals surface area contributed by atoms with Crippen molar-refractivity contribution in [2.24, 2.45) is 17.8 Å². The third kappa shape index (κ3) is 3.91. The lowest BCUT2D eigenvalue weighted by Gasteiger charge is -2.32. The summed E-state index contributed by atoms with van der Waals surface area (Å²) in [7, 11) is 0. The molecule has 2 aromatic rings. The fourth-order valence-electron chi connectivity index (χ4n) is 4.04. The third-order valence-corrected chi connectivity index (χ3v) is 5.19. The molecule has 0 radical (unpaired) electrons. The van der Waals surface area contributed by atoms with Crippen LogP contribution in [0.4, 0.5) is 5.69 Å². The molecule has 6 nitrogen and oxygen atoms in total. The maximum absolute atomic E-state index is 12.4. The second-order valence-electron chi connectivity index (χ2n) is 6.99. The zero-order chi connectivity index (χ0) is 17.1. The molecular weight excluding hydrogens is 318 g/mol. The highest BCUT2D eigenvalue weighted by Gasteiger charge is 2.41. The van der Waals surface area contributed by atoms with Crippen molar-refractivity contribution in [1.29, 1.82) is 0 Å². The number of ether oxygens (including phenoxy) is 1. The van der Waals surface area contributed by atoms with Gasteiger partial charge in [-0.05, 0) is 42.0 Å². The average molecular weight is 341 g/mol. The Morgan fingerprint density at radius 2 is 2.24 bits per heavy atom. The molecule has 3 atom stereocenters. The summed E-state index contributed by atoms with van der Waals surface area (Å²) in [5.74, 6) is 2.29. The van der Waals surface area contributed by atoms with Crippen LogP contribution in [0, 0.1) is 17.8 Å². The molecule has 4 heterocycles. The monoisotopic (exact) mass is 341 g/mol. The number of carbonyl (C=O) groups is 1. The van der Waals surface area contributed by atoms with Crippen LogP contribution in [0.3, 0.4) is 0 Å². The van der Waals surface area contributed by atoms with E-state index in [1.165, 1.54) is 0 Å². The van der Waals surface area contributed by atoms with Crippen molar-refractivity contribution in [2.45, 2.75) is 13.0 Å². The molecule has 25 heavy (non-hydrogen) atoms. The van der Waals surface area contributed by atoms with Gasteiger partial charge in [0.15, 0.2) is 0 Å². The number of hydrogen-bond donors (Lipinski definition) is 1. The number of pyridine rings is 1. The molecular formula is C19H23N3O3. The molecule has 1 amide bonds. The highest BCUT2D eigenvalue weighted by molar-refractivity contribution is 5.90. The molecule has 2 aliphatic heterocycles. The van der Waals surface area contributed by atoms with E-state index in [1.54, 1.807) is 18.7 Å². The van der Waals surface area contributed by atoms with Gasteiger partial charge in [0.1, 0.15) is 5.76 Å². The van der Waals surface area contributed by atoms with E-state index in [0.29, 0.717) is 24.9 Å². The van der Waals surface area contributed by atoms with Gasteiger partial charge in [0, 0.05) is 25.7 Å². The van der Waals surface area contributed by atoms with Crippen LogP contribution >= 0.6 is 0 Å². The maximum Gasteiger partial charge on any atom is 0.224 e. The highest BCUT2D eigenvalue weighted by Crippen LogP contribution is 2.36. The van der Waals surface area contributed by atoms with Crippen LogP contribution in [0.15, 0.2) is 47.3 Å². The van der Waals surface area contributed by atoms with E-state index in [1.807, 2.05) is 24.3 Å². The van der Waals surface area contributed by atoms with Gasteiger partial charge in [-0.3, -0.25) is 14.7 Å². The summed E-state index contributed by atoms with van der Waals surface area (Å²) < 4.78 is 11.3. The van der Waals surface area contributed by atoms with Gasteiger partial charge in [0.05, 0.1) is 37.9 Å². The van der Waals surface area contributed by atoms with Crippen LogP contribution in [0.1, 0.15) is 12.2 Å². The fraction of sp³-hybridized carbons (Fsp3) is 0.474. The summed E-state index contributed by atoms with van der Waals surface area (Å²) in [6, 6.07) is 7.61. The third-order valence-electron chi connectivity index (χ3n) is 5.19. The summed E-state index contributed by atoms with van der Waals surface area (Å²) in [6.07, 6.45) is 5.57. The van der Waals surface area contributed by atoms with Gasteiger partial charge in [0.2, 0.25) is 5.91 Å². The van der Waals surface area contributed by atoms with Crippen LogP contribution < -0.4 is 5.32 Å². The van der Waals surface area contributed by atoms with Gasteiger partial charge in [0.25, 0.3) is 0 Å². The Hall–Kier alpha value is -2.18. The summed E-state index contributed by atoms with van der Waals surface area (Å²) >= 11 is 0. The van der Waals surface area contributed by atoms with E-state index in [9.17, 15) is 4.79 Å². The number of fused-ring (bicyclic) bond motifs is 1. The van der Waals surface area contributed by atoms with Crippen molar-refractivity contribution >= 4 is 11.6 Å². The largest absolute Gasteiger partial charge is 0.468 e. The zero-order valence-corrected chi connectivity index (χ0v) is 14.1. The zero-order valence-electron chi connectivity index (χ0n) is 14.1. The van der Waals surface area contributed by atoms with Crippen LogP contribution in [0.5, 0.6) is 0 Å². The molecule has 1 N–H and O–H groups in total. The molecule has 4 rings (SSSR count). The predicted octanol–water partition coefficient (Wildman–Crippen LogP) is 2.40. The molecule has 0 aromatic carbocycles. The second-order valence-corrected chi connectivity index (χ2v) is 6.99. The molecule has 2 aromatic heterocycles. The van der Waals surface area contributed by atoms with E-state index in [-0.39, 0.29) is 11.8 Å². The quantitative estimate of drug-likeness (QED) is 0.904. The van der Waals surface area contributed by atoms with Crippen LogP contribution in [0.2, 0.25) is 0 Å². The van der Waals surface area contributed by atoms with Crippen LogP contribution in [-0.4, -0.2) is 42.1 Å². The first kappa shape index (κ1) is 16.3. The maximum atomic E-state index is 12.4. The van der Waals surface area contributed by atoms with Gasteiger partial charge in [-0.25, -0.2) is 0 Å². The molecule has 6 heteroatoms. The number of anilines is 1. The minimum atomic E-state index is 0.0340. The Kier molecular flexibility index (Phi) is 4.81. The Morgan fingerprint density at radius 1 is 1.28 bits per heavy atom. The molecule has 0 unspecified atom stereocenters. The number of likely N-dealkylation sites (tertiary alicyclic amines) is 1. The van der Waals surface area contributed by atoms with Gasteiger partial charge >= 0.3 is 0 Å². The molecule has 0 saturated carbocycles. The van der Waals surface area contributed by atoms with E-state index in [2.05, 4.69) is 15.2 Å². The average Bonchev–Trinajstić information content (AvgIpc) is 3.26. The second kappa shape index (κ2) is 7.37. The van der Waals surface area contributed by atoms with Crippen molar-refractivity contribution < 1.29 is 13.9 Å². The lowest BCUT2D eigenvalue weighted by Crippen LogP contribution is -2.37.